The predicted octanol–water partition coefficient (Wildman–Crippen LogP) is 5.04. The third-order valence-corrected chi connectivity index (χ3v) is 2.19. The zero-order valence-electron chi connectivity index (χ0n) is 9.38. The summed E-state index contributed by atoms with van der Waals surface area (Å²) in [5, 5.41) is 0.653. The van der Waals surface area contributed by atoms with Crippen LogP contribution in [0.4, 0.5) is 0 Å². The molecular weight excluding hydrogens is 208 g/mol. The maximum Gasteiger partial charge on any atom is 0.137 e. The molecule has 1 rings (SSSR count). The Morgan fingerprint density at radius 1 is 1.27 bits per heavy atom. The van der Waals surface area contributed by atoms with Crippen molar-refractivity contribution >= 4 is 11.6 Å². The third-order valence-electron chi connectivity index (χ3n) is 1.87. The number of rotatable bonds is 2. The predicted molar refractivity (Wildman–Crippen MR) is 69.9 cm³/mol. The number of methoxy groups -OCH3 is 1. The van der Waals surface area contributed by atoms with Gasteiger partial charge in [0.1, 0.15) is 5.75 Å². The van der Waals surface area contributed by atoms with Crippen LogP contribution in [0, 0.1) is 5.92 Å². The van der Waals surface area contributed by atoms with Gasteiger partial charge in [-0.15, -0.1) is 0 Å². The van der Waals surface area contributed by atoms with Gasteiger partial charge in [0.05, 0.1) is 12.1 Å². The van der Waals surface area contributed by atoms with Crippen molar-refractivity contribution in [1.29, 1.82) is 0 Å². The summed E-state index contributed by atoms with van der Waals surface area (Å²) in [6.07, 6.45) is 1.31. The molecule has 0 radical (unpaired) electrons. The molecule has 0 aliphatic rings. The quantitative estimate of drug-likeness (QED) is 0.692. The number of hydrogen-bond donors (Lipinski definition) is 0. The van der Waals surface area contributed by atoms with Crippen LogP contribution in [0.25, 0.3) is 0 Å². The van der Waals surface area contributed by atoms with Crippen LogP contribution in [0.1, 0.15) is 34.6 Å². The Morgan fingerprint density at radius 3 is 2.00 bits per heavy atom. The summed E-state index contributed by atoms with van der Waals surface area (Å²) in [5.74, 6) is 1.61. The van der Waals surface area contributed by atoms with Gasteiger partial charge >= 0.3 is 0 Å². The van der Waals surface area contributed by atoms with Crippen molar-refractivity contribution in [2.45, 2.75) is 34.6 Å². The molecule has 1 aromatic carbocycles. The molecule has 0 amide bonds. The Hall–Kier alpha value is -0.690. The molecule has 0 fully saturated rings. The standard InChI is InChI=1S/C7H7ClO.C5H12.CH4/c1-9-7-5-3-2-4-6(7)8;1-4-5(2)3;/h2-5H,1H3;5H,4H2,1-3H3;1H4. The highest BCUT2D eigenvalue weighted by molar-refractivity contribution is 6.32. The molecule has 0 aliphatic heterocycles. The van der Waals surface area contributed by atoms with Crippen molar-refractivity contribution in [2.75, 3.05) is 7.11 Å². The Balaban J connectivity index is 0. The highest BCUT2D eigenvalue weighted by Gasteiger charge is 1.93. The van der Waals surface area contributed by atoms with E-state index < -0.39 is 0 Å². The molecule has 0 aliphatic carbocycles. The zero-order valence-corrected chi connectivity index (χ0v) is 10.1. The molecule has 1 nitrogen and oxygen atoms in total. The van der Waals surface area contributed by atoms with E-state index in [1.165, 1.54) is 6.42 Å². The van der Waals surface area contributed by atoms with Crippen LogP contribution in [0.3, 0.4) is 0 Å². The monoisotopic (exact) mass is 230 g/mol. The lowest BCUT2D eigenvalue weighted by Gasteiger charge is -1.98. The van der Waals surface area contributed by atoms with E-state index in [4.69, 9.17) is 16.3 Å². The van der Waals surface area contributed by atoms with Crippen molar-refractivity contribution in [3.8, 4) is 5.75 Å². The van der Waals surface area contributed by atoms with E-state index in [9.17, 15) is 0 Å². The van der Waals surface area contributed by atoms with E-state index in [-0.39, 0.29) is 7.43 Å². The van der Waals surface area contributed by atoms with Crippen LogP contribution in [-0.4, -0.2) is 7.11 Å². The van der Waals surface area contributed by atoms with E-state index in [0.717, 1.165) is 11.7 Å². The smallest absolute Gasteiger partial charge is 0.137 e. The summed E-state index contributed by atoms with van der Waals surface area (Å²) in [5.41, 5.74) is 0. The summed E-state index contributed by atoms with van der Waals surface area (Å²) < 4.78 is 4.91. The van der Waals surface area contributed by atoms with Crippen molar-refractivity contribution in [3.05, 3.63) is 29.3 Å². The van der Waals surface area contributed by atoms with Gasteiger partial charge in [0.2, 0.25) is 0 Å². The second-order valence-electron chi connectivity index (χ2n) is 3.44. The van der Waals surface area contributed by atoms with Crippen LogP contribution < -0.4 is 4.74 Å². The molecule has 1 aromatic rings. The number of para-hydroxylation sites is 1. The molecule has 0 unspecified atom stereocenters. The van der Waals surface area contributed by atoms with Gasteiger partial charge in [0.25, 0.3) is 0 Å². The summed E-state index contributed by atoms with van der Waals surface area (Å²) >= 11 is 5.70. The van der Waals surface area contributed by atoms with E-state index in [0.29, 0.717) is 5.02 Å². The first-order valence-corrected chi connectivity index (χ1v) is 5.28. The summed E-state index contributed by atoms with van der Waals surface area (Å²) in [6.45, 7) is 6.64. The lowest BCUT2D eigenvalue weighted by atomic mass is 10.2. The molecule has 2 heteroatoms. The van der Waals surface area contributed by atoms with Gasteiger partial charge in [-0.25, -0.2) is 0 Å². The summed E-state index contributed by atoms with van der Waals surface area (Å²) in [4.78, 5) is 0. The van der Waals surface area contributed by atoms with Gasteiger partial charge < -0.3 is 4.74 Å². The maximum atomic E-state index is 5.70. The lowest BCUT2D eigenvalue weighted by molar-refractivity contribution is 0.415. The molecule has 88 valence electrons. The maximum absolute atomic E-state index is 5.70. The Bertz CT molecular complexity index is 246. The number of benzene rings is 1. The van der Waals surface area contributed by atoms with Crippen molar-refractivity contribution in [1.82, 2.24) is 0 Å². The first kappa shape index (κ1) is 16.7. The van der Waals surface area contributed by atoms with Crippen molar-refractivity contribution < 1.29 is 4.74 Å². The second-order valence-corrected chi connectivity index (χ2v) is 3.84. The van der Waals surface area contributed by atoms with E-state index in [2.05, 4.69) is 20.8 Å². The minimum Gasteiger partial charge on any atom is -0.495 e. The fourth-order valence-electron chi connectivity index (χ4n) is 0.610. The lowest BCUT2D eigenvalue weighted by Crippen LogP contribution is -1.81. The molecular formula is C13H23ClO. The van der Waals surface area contributed by atoms with Gasteiger partial charge in [-0.05, 0) is 18.1 Å². The highest BCUT2D eigenvalue weighted by atomic mass is 35.5. The van der Waals surface area contributed by atoms with Gasteiger partial charge in [-0.1, -0.05) is 58.4 Å². The summed E-state index contributed by atoms with van der Waals surface area (Å²) in [7, 11) is 1.60. The molecule has 0 bridgehead atoms. The topological polar surface area (TPSA) is 9.23 Å². The number of ether oxygens (including phenoxy) is 1. The SMILES string of the molecule is C.CCC(C)C.COc1ccccc1Cl. The minimum absolute atomic E-state index is 0. The number of hydrogen-bond acceptors (Lipinski definition) is 1. The fourth-order valence-corrected chi connectivity index (χ4v) is 0.823. The first-order valence-electron chi connectivity index (χ1n) is 4.90. The molecule has 0 saturated heterocycles. The zero-order chi connectivity index (χ0) is 11.0. The van der Waals surface area contributed by atoms with Gasteiger partial charge in [-0.2, -0.15) is 0 Å². The molecule has 0 N–H and O–H groups in total. The molecule has 0 saturated carbocycles. The summed E-state index contributed by atoms with van der Waals surface area (Å²) in [6, 6.07) is 7.36. The average Bonchev–Trinajstić information content (AvgIpc) is 2.19. The minimum atomic E-state index is 0. The van der Waals surface area contributed by atoms with Crippen LogP contribution in [-0.2, 0) is 0 Å². The van der Waals surface area contributed by atoms with Crippen LogP contribution in [0.5, 0.6) is 5.75 Å². The normalized spacial score (nSPS) is 8.67. The van der Waals surface area contributed by atoms with Gasteiger partial charge in [0.15, 0.2) is 0 Å². The van der Waals surface area contributed by atoms with Gasteiger partial charge in [-0.3, -0.25) is 0 Å². The second kappa shape index (κ2) is 9.85. The van der Waals surface area contributed by atoms with Crippen molar-refractivity contribution in [2.24, 2.45) is 5.92 Å². The molecule has 0 spiro atoms. The number of halogens is 1. The van der Waals surface area contributed by atoms with E-state index >= 15 is 0 Å². The van der Waals surface area contributed by atoms with Crippen LogP contribution in [0.15, 0.2) is 24.3 Å². The van der Waals surface area contributed by atoms with E-state index in [1.54, 1.807) is 13.2 Å². The Morgan fingerprint density at radius 2 is 1.73 bits per heavy atom. The van der Waals surface area contributed by atoms with Crippen LogP contribution >= 0.6 is 11.6 Å². The molecule has 0 aromatic heterocycles. The fraction of sp³-hybridized carbons (Fsp3) is 0.538. The highest BCUT2D eigenvalue weighted by Crippen LogP contribution is 2.21. The Kier molecular flexibility index (Phi) is 11.0. The van der Waals surface area contributed by atoms with E-state index in [1.807, 2.05) is 18.2 Å². The molecule has 15 heavy (non-hydrogen) atoms. The average molecular weight is 231 g/mol. The van der Waals surface area contributed by atoms with Crippen LogP contribution in [0.2, 0.25) is 5.02 Å². The molecule has 0 atom stereocenters. The first-order chi connectivity index (χ1) is 6.61. The Labute approximate surface area is 99.4 Å². The van der Waals surface area contributed by atoms with Crippen molar-refractivity contribution in [3.63, 3.8) is 0 Å². The van der Waals surface area contributed by atoms with Gasteiger partial charge in [0, 0.05) is 0 Å². The largest absolute Gasteiger partial charge is 0.495 e. The third kappa shape index (κ3) is 8.31. The molecule has 0 heterocycles.